The number of ether oxygens (including phenoxy) is 1. The van der Waals surface area contributed by atoms with Crippen LogP contribution in [0.1, 0.15) is 53.2 Å². The van der Waals surface area contributed by atoms with E-state index in [2.05, 4.69) is 15.2 Å². The predicted octanol–water partition coefficient (Wildman–Crippen LogP) is 4.85. The highest BCUT2D eigenvalue weighted by atomic mass is 19.4. The molecule has 3 heterocycles. The van der Waals surface area contributed by atoms with E-state index in [0.29, 0.717) is 6.07 Å². The lowest BCUT2D eigenvalue weighted by Gasteiger charge is -2.27. The number of pyridine rings is 1. The molecule has 0 radical (unpaired) electrons. The van der Waals surface area contributed by atoms with E-state index in [4.69, 9.17) is 14.9 Å². The lowest BCUT2D eigenvalue weighted by molar-refractivity contribution is -0.277. The number of aromatic nitrogens is 3. The summed E-state index contributed by atoms with van der Waals surface area (Å²) in [5.41, 5.74) is -1.69. The van der Waals surface area contributed by atoms with Gasteiger partial charge in [0.1, 0.15) is 5.69 Å². The molecular formula is C24H22F7N5O4. The van der Waals surface area contributed by atoms with Gasteiger partial charge in [0.15, 0.2) is 17.3 Å². The molecule has 9 nitrogen and oxygen atoms in total. The monoisotopic (exact) mass is 577 g/mol. The SMILES string of the molecule is COc1ccc(CN2CCCCC[C@](O)(C(F)(F)F)c3nnc(o3)-c3nc(c(C(F)(F)F)cc3N)C2=O)cc1F. The van der Waals surface area contributed by atoms with Crippen LogP contribution in [0.3, 0.4) is 0 Å². The molecule has 2 aromatic heterocycles. The second kappa shape index (κ2) is 10.6. The Morgan fingerprint density at radius 2 is 1.82 bits per heavy atom. The molecule has 4 bridgehead atoms. The summed E-state index contributed by atoms with van der Waals surface area (Å²) >= 11 is 0. The van der Waals surface area contributed by atoms with E-state index in [1.807, 2.05) is 0 Å². The quantitative estimate of drug-likeness (QED) is 0.423. The molecule has 0 fully saturated rings. The van der Waals surface area contributed by atoms with Crippen molar-refractivity contribution in [1.29, 1.82) is 0 Å². The van der Waals surface area contributed by atoms with Gasteiger partial charge in [0.2, 0.25) is 5.60 Å². The van der Waals surface area contributed by atoms with Crippen LogP contribution in [0.5, 0.6) is 5.75 Å². The molecule has 0 saturated carbocycles. The van der Waals surface area contributed by atoms with Gasteiger partial charge in [-0.2, -0.15) is 26.3 Å². The number of nitrogens with two attached hydrogens (primary N) is 1. The van der Waals surface area contributed by atoms with Crippen LogP contribution in [0, 0.1) is 5.82 Å². The van der Waals surface area contributed by atoms with Crippen LogP contribution < -0.4 is 10.5 Å². The molecule has 3 aromatic rings. The average molecular weight is 577 g/mol. The molecule has 0 saturated heterocycles. The van der Waals surface area contributed by atoms with Gasteiger partial charge >= 0.3 is 12.4 Å². The smallest absolute Gasteiger partial charge is 0.426 e. The normalized spacial score (nSPS) is 18.9. The largest absolute Gasteiger partial charge is 0.494 e. The van der Waals surface area contributed by atoms with Gasteiger partial charge in [0.25, 0.3) is 17.7 Å². The Balaban J connectivity index is 1.86. The van der Waals surface area contributed by atoms with Gasteiger partial charge < -0.3 is 24.9 Å². The van der Waals surface area contributed by atoms with Crippen LogP contribution in [0.15, 0.2) is 28.7 Å². The lowest BCUT2D eigenvalue weighted by Crippen LogP contribution is -2.42. The van der Waals surface area contributed by atoms with Crippen molar-refractivity contribution in [3.63, 3.8) is 0 Å². The number of carbonyl (C=O) groups excluding carboxylic acids is 1. The molecule has 1 aliphatic heterocycles. The van der Waals surface area contributed by atoms with Crippen molar-refractivity contribution in [2.75, 3.05) is 19.4 Å². The van der Waals surface area contributed by atoms with Crippen molar-refractivity contribution in [1.82, 2.24) is 20.1 Å². The van der Waals surface area contributed by atoms with Crippen LogP contribution in [0.2, 0.25) is 0 Å². The zero-order valence-electron chi connectivity index (χ0n) is 20.7. The number of hydrogen-bond donors (Lipinski definition) is 2. The molecule has 1 aromatic carbocycles. The second-order valence-corrected chi connectivity index (χ2v) is 9.10. The third-order valence-corrected chi connectivity index (χ3v) is 6.35. The number of aliphatic hydroxyl groups is 1. The Bertz CT molecular complexity index is 1410. The number of carbonyl (C=O) groups is 1. The zero-order chi connectivity index (χ0) is 29.5. The Labute approximate surface area is 221 Å². The van der Waals surface area contributed by atoms with Crippen molar-refractivity contribution in [3.05, 3.63) is 52.8 Å². The molecule has 3 N–H and O–H groups in total. The summed E-state index contributed by atoms with van der Waals surface area (Å²) in [5.74, 6) is -4.16. The van der Waals surface area contributed by atoms with E-state index in [1.165, 1.54) is 19.2 Å². The van der Waals surface area contributed by atoms with E-state index >= 15 is 0 Å². The molecule has 1 amide bonds. The summed E-state index contributed by atoms with van der Waals surface area (Å²) in [6, 6.07) is 4.08. The molecule has 0 spiro atoms. The Hall–Kier alpha value is -3.95. The van der Waals surface area contributed by atoms with Crippen molar-refractivity contribution in [3.8, 4) is 17.3 Å². The molecule has 0 aliphatic carbocycles. The number of halogens is 7. The van der Waals surface area contributed by atoms with Gasteiger partial charge in [-0.3, -0.25) is 4.79 Å². The number of rotatable bonds is 3. The highest BCUT2D eigenvalue weighted by Crippen LogP contribution is 2.43. The maximum atomic E-state index is 14.3. The first kappa shape index (κ1) is 29.0. The van der Waals surface area contributed by atoms with Gasteiger partial charge in [0, 0.05) is 13.1 Å². The predicted molar refractivity (Wildman–Crippen MR) is 123 cm³/mol. The molecule has 0 unspecified atom stereocenters. The molecule has 1 aliphatic rings. The zero-order valence-corrected chi connectivity index (χ0v) is 20.7. The van der Waals surface area contributed by atoms with E-state index in [0.717, 1.165) is 11.0 Å². The number of fused-ring (bicyclic) bond motifs is 5. The Morgan fingerprint density at radius 1 is 1.10 bits per heavy atom. The molecule has 1 atom stereocenters. The van der Waals surface area contributed by atoms with E-state index in [9.17, 15) is 40.6 Å². The minimum atomic E-state index is -5.24. The summed E-state index contributed by atoms with van der Waals surface area (Å²) in [5, 5.41) is 17.2. The first-order valence-electron chi connectivity index (χ1n) is 11.8. The maximum absolute atomic E-state index is 14.3. The van der Waals surface area contributed by atoms with E-state index in [1.54, 1.807) is 0 Å². The van der Waals surface area contributed by atoms with Crippen molar-refractivity contribution in [2.45, 2.75) is 50.2 Å². The van der Waals surface area contributed by atoms with Gasteiger partial charge in [-0.05, 0) is 43.0 Å². The van der Waals surface area contributed by atoms with Crippen molar-refractivity contribution < 1.29 is 49.8 Å². The number of anilines is 1. The minimum absolute atomic E-state index is 0.0205. The first-order valence-corrected chi connectivity index (χ1v) is 11.8. The van der Waals surface area contributed by atoms with Gasteiger partial charge in [-0.25, -0.2) is 9.37 Å². The van der Waals surface area contributed by atoms with Crippen LogP contribution >= 0.6 is 0 Å². The van der Waals surface area contributed by atoms with Crippen LogP contribution in [-0.2, 0) is 18.3 Å². The summed E-state index contributed by atoms with van der Waals surface area (Å²) in [4.78, 5) is 18.2. The molecule has 16 heteroatoms. The number of nitrogens with zero attached hydrogens (tertiary/aromatic N) is 4. The fourth-order valence-electron chi connectivity index (χ4n) is 4.23. The second-order valence-electron chi connectivity index (χ2n) is 9.10. The third kappa shape index (κ3) is 5.52. The summed E-state index contributed by atoms with van der Waals surface area (Å²) in [7, 11) is 1.23. The number of nitrogen functional groups attached to an aromatic ring is 1. The Morgan fingerprint density at radius 3 is 2.45 bits per heavy atom. The van der Waals surface area contributed by atoms with Gasteiger partial charge in [-0.15, -0.1) is 10.2 Å². The van der Waals surface area contributed by atoms with E-state index in [-0.39, 0.29) is 43.7 Å². The summed E-state index contributed by atoms with van der Waals surface area (Å²) in [6.07, 6.45) is -11.4. The maximum Gasteiger partial charge on any atom is 0.426 e. The fraction of sp³-hybridized carbons (Fsp3) is 0.417. The van der Waals surface area contributed by atoms with Gasteiger partial charge in [-0.1, -0.05) is 12.5 Å². The summed E-state index contributed by atoms with van der Waals surface area (Å²) in [6.45, 7) is -0.594. The van der Waals surface area contributed by atoms with Crippen LogP contribution in [0.25, 0.3) is 11.6 Å². The number of amides is 1. The number of hydrogen-bond acceptors (Lipinski definition) is 8. The first-order chi connectivity index (χ1) is 18.7. The number of alkyl halides is 6. The topological polar surface area (TPSA) is 128 Å². The molecule has 40 heavy (non-hydrogen) atoms. The minimum Gasteiger partial charge on any atom is -0.494 e. The number of benzene rings is 1. The standard InChI is InChI=1S/C24H22F7N5O4/c1-39-16-6-5-12(9-14(16)25)11-36-8-4-2-3-7-22(38,24(29,30)31)21-35-34-19(40-21)18-15(32)10-13(23(26,27)28)17(33-18)20(36)37/h5-6,9-10,38H,2-4,7-8,11,32H2,1H3/t22-/m1/s1. The molecule has 216 valence electrons. The van der Waals surface area contributed by atoms with E-state index < -0.39 is 70.5 Å². The highest BCUT2D eigenvalue weighted by molar-refractivity contribution is 5.95. The molecular weight excluding hydrogens is 555 g/mol. The highest BCUT2D eigenvalue weighted by Gasteiger charge is 2.58. The van der Waals surface area contributed by atoms with Crippen molar-refractivity contribution in [2.24, 2.45) is 0 Å². The average Bonchev–Trinajstić information content (AvgIpc) is 3.36. The van der Waals surface area contributed by atoms with Gasteiger partial charge in [0.05, 0.1) is 18.4 Å². The Kier molecular flexibility index (Phi) is 7.66. The number of methoxy groups -OCH3 is 1. The van der Waals surface area contributed by atoms with Crippen molar-refractivity contribution >= 4 is 11.6 Å². The molecule has 4 rings (SSSR count). The fourth-order valence-corrected chi connectivity index (χ4v) is 4.23. The third-order valence-electron chi connectivity index (χ3n) is 6.35. The van der Waals surface area contributed by atoms with Crippen LogP contribution in [-0.4, -0.2) is 50.9 Å². The lowest BCUT2D eigenvalue weighted by atomic mass is 9.95. The van der Waals surface area contributed by atoms with Crippen LogP contribution in [0.4, 0.5) is 36.4 Å². The summed E-state index contributed by atoms with van der Waals surface area (Å²) < 4.78 is 108.